The molecule has 2 bridgehead atoms. The van der Waals surface area contributed by atoms with Gasteiger partial charge in [0, 0.05) is 17.1 Å². The van der Waals surface area contributed by atoms with Gasteiger partial charge in [-0.3, -0.25) is 0 Å². The lowest BCUT2D eigenvalue weighted by molar-refractivity contribution is 0.354. The number of halogens is 1. The molecule has 3 rings (SSSR count). The highest BCUT2D eigenvalue weighted by Gasteiger charge is 2.38. The van der Waals surface area contributed by atoms with Crippen molar-refractivity contribution in [2.75, 3.05) is 6.54 Å². The number of nitrogens with one attached hydrogen (secondary N) is 1. The van der Waals surface area contributed by atoms with Gasteiger partial charge in [-0.2, -0.15) is 0 Å². The molecule has 1 aromatic carbocycles. The number of hydrogen-bond donors (Lipinski definition) is 1. The first-order valence-electron chi connectivity index (χ1n) is 6.87. The van der Waals surface area contributed by atoms with Crippen LogP contribution in [0, 0.1) is 11.8 Å². The van der Waals surface area contributed by atoms with Crippen molar-refractivity contribution in [3.8, 4) is 0 Å². The van der Waals surface area contributed by atoms with Gasteiger partial charge in [0.1, 0.15) is 0 Å². The van der Waals surface area contributed by atoms with Gasteiger partial charge in [-0.1, -0.05) is 46.8 Å². The number of benzene rings is 1. The van der Waals surface area contributed by atoms with Crippen molar-refractivity contribution in [3.05, 3.63) is 46.5 Å². The van der Waals surface area contributed by atoms with Crippen molar-refractivity contribution in [2.45, 2.75) is 31.7 Å². The lowest BCUT2D eigenvalue weighted by Gasteiger charge is -2.23. The first-order valence-corrected chi connectivity index (χ1v) is 7.67. The Balaban J connectivity index is 1.79. The van der Waals surface area contributed by atoms with Crippen molar-refractivity contribution in [2.24, 2.45) is 11.8 Å². The molecule has 2 aliphatic carbocycles. The summed E-state index contributed by atoms with van der Waals surface area (Å²) in [6, 6.07) is 9.67. The minimum Gasteiger partial charge on any atom is -0.309 e. The fourth-order valence-electron chi connectivity index (χ4n) is 3.71. The van der Waals surface area contributed by atoms with E-state index in [-0.39, 0.29) is 0 Å². The Kier molecular flexibility index (Phi) is 3.58. The van der Waals surface area contributed by atoms with E-state index in [2.05, 4.69) is 52.1 Å². The SMILES string of the molecule is C=C(Br)CNC1C2CCC1Cc1ccccc1C2. The molecule has 0 spiro atoms. The molecule has 1 fully saturated rings. The topological polar surface area (TPSA) is 12.0 Å². The minimum absolute atomic E-state index is 0.673. The Morgan fingerprint density at radius 2 is 1.72 bits per heavy atom. The number of hydrogen-bond acceptors (Lipinski definition) is 1. The third-order valence-electron chi connectivity index (χ3n) is 4.54. The lowest BCUT2D eigenvalue weighted by atomic mass is 9.94. The molecule has 0 saturated heterocycles. The van der Waals surface area contributed by atoms with Crippen LogP contribution in [0.2, 0.25) is 0 Å². The Morgan fingerprint density at radius 1 is 1.17 bits per heavy atom. The Bertz CT molecular complexity index is 421. The normalized spacial score (nSPS) is 29.7. The maximum atomic E-state index is 3.93. The highest BCUT2D eigenvalue weighted by molar-refractivity contribution is 9.11. The second kappa shape index (κ2) is 5.18. The second-order valence-electron chi connectivity index (χ2n) is 5.70. The van der Waals surface area contributed by atoms with Crippen LogP contribution in [-0.2, 0) is 12.8 Å². The van der Waals surface area contributed by atoms with Gasteiger partial charge >= 0.3 is 0 Å². The molecule has 18 heavy (non-hydrogen) atoms. The molecule has 1 N–H and O–H groups in total. The first kappa shape index (κ1) is 12.4. The summed E-state index contributed by atoms with van der Waals surface area (Å²) in [5.74, 6) is 1.62. The van der Waals surface area contributed by atoms with Crippen molar-refractivity contribution in [1.82, 2.24) is 5.32 Å². The summed E-state index contributed by atoms with van der Waals surface area (Å²) in [5, 5.41) is 3.71. The molecule has 1 nitrogen and oxygen atoms in total. The summed E-state index contributed by atoms with van der Waals surface area (Å²) in [7, 11) is 0. The van der Waals surface area contributed by atoms with E-state index in [0.29, 0.717) is 6.04 Å². The van der Waals surface area contributed by atoms with E-state index >= 15 is 0 Å². The monoisotopic (exact) mass is 305 g/mol. The molecule has 0 aliphatic heterocycles. The van der Waals surface area contributed by atoms with Gasteiger partial charge in [-0.25, -0.2) is 0 Å². The number of fused-ring (bicyclic) bond motifs is 3. The zero-order valence-electron chi connectivity index (χ0n) is 10.7. The molecule has 96 valence electrons. The van der Waals surface area contributed by atoms with Crippen LogP contribution >= 0.6 is 15.9 Å². The van der Waals surface area contributed by atoms with E-state index in [1.54, 1.807) is 11.1 Å². The molecule has 1 saturated carbocycles. The fraction of sp³-hybridized carbons (Fsp3) is 0.500. The maximum Gasteiger partial charge on any atom is 0.0268 e. The van der Waals surface area contributed by atoms with Crippen LogP contribution in [0.15, 0.2) is 35.3 Å². The third-order valence-corrected chi connectivity index (χ3v) is 4.82. The van der Waals surface area contributed by atoms with Gasteiger partial charge < -0.3 is 5.32 Å². The van der Waals surface area contributed by atoms with Gasteiger partial charge in [0.15, 0.2) is 0 Å². The van der Waals surface area contributed by atoms with E-state index in [0.717, 1.165) is 22.9 Å². The molecule has 0 aromatic heterocycles. The van der Waals surface area contributed by atoms with Gasteiger partial charge in [0.25, 0.3) is 0 Å². The largest absolute Gasteiger partial charge is 0.309 e. The molecule has 2 atom stereocenters. The fourth-order valence-corrected chi connectivity index (χ4v) is 3.87. The van der Waals surface area contributed by atoms with Crippen molar-refractivity contribution < 1.29 is 0 Å². The summed E-state index contributed by atoms with van der Waals surface area (Å²) >= 11 is 3.45. The first-order chi connectivity index (χ1) is 8.74. The molecule has 1 aromatic rings. The van der Waals surface area contributed by atoms with Crippen molar-refractivity contribution in [1.29, 1.82) is 0 Å². The van der Waals surface area contributed by atoms with E-state index in [9.17, 15) is 0 Å². The van der Waals surface area contributed by atoms with Crippen LogP contribution in [-0.4, -0.2) is 12.6 Å². The molecule has 2 unspecified atom stereocenters. The van der Waals surface area contributed by atoms with E-state index < -0.39 is 0 Å². The average molecular weight is 306 g/mol. The molecular formula is C16H20BrN. The van der Waals surface area contributed by atoms with Crippen LogP contribution in [0.1, 0.15) is 24.0 Å². The highest BCUT2D eigenvalue weighted by atomic mass is 79.9. The molecular weight excluding hydrogens is 286 g/mol. The maximum absolute atomic E-state index is 3.93. The Labute approximate surface area is 118 Å². The van der Waals surface area contributed by atoms with E-state index in [1.807, 2.05) is 0 Å². The Morgan fingerprint density at radius 3 is 2.22 bits per heavy atom. The average Bonchev–Trinajstić information content (AvgIpc) is 2.62. The summed E-state index contributed by atoms with van der Waals surface area (Å²) in [5.41, 5.74) is 3.16. The lowest BCUT2D eigenvalue weighted by Crippen LogP contribution is -2.38. The summed E-state index contributed by atoms with van der Waals surface area (Å²) in [6.45, 7) is 4.82. The quantitative estimate of drug-likeness (QED) is 0.898. The molecule has 2 heteroatoms. The summed E-state index contributed by atoms with van der Waals surface area (Å²) in [4.78, 5) is 0. The zero-order valence-corrected chi connectivity index (χ0v) is 12.2. The van der Waals surface area contributed by atoms with Gasteiger partial charge in [-0.05, 0) is 48.6 Å². The van der Waals surface area contributed by atoms with Crippen LogP contribution in [0.25, 0.3) is 0 Å². The van der Waals surface area contributed by atoms with Gasteiger partial charge in [0.2, 0.25) is 0 Å². The molecule has 2 aliphatic rings. The molecule has 0 radical (unpaired) electrons. The number of rotatable bonds is 3. The predicted octanol–water partition coefficient (Wildman–Crippen LogP) is 3.68. The molecule has 0 heterocycles. The van der Waals surface area contributed by atoms with Crippen LogP contribution < -0.4 is 5.32 Å². The van der Waals surface area contributed by atoms with E-state index in [1.165, 1.54) is 25.7 Å². The molecule has 0 amide bonds. The van der Waals surface area contributed by atoms with Crippen molar-refractivity contribution >= 4 is 15.9 Å². The predicted molar refractivity (Wildman–Crippen MR) is 79.9 cm³/mol. The highest BCUT2D eigenvalue weighted by Crippen LogP contribution is 2.40. The minimum atomic E-state index is 0.673. The third kappa shape index (κ3) is 2.41. The van der Waals surface area contributed by atoms with Crippen LogP contribution in [0.4, 0.5) is 0 Å². The Hall–Kier alpha value is -0.600. The van der Waals surface area contributed by atoms with Crippen molar-refractivity contribution in [3.63, 3.8) is 0 Å². The zero-order chi connectivity index (χ0) is 12.5. The second-order valence-corrected chi connectivity index (χ2v) is 6.82. The van der Waals surface area contributed by atoms with Gasteiger partial charge in [0.05, 0.1) is 0 Å². The van der Waals surface area contributed by atoms with Gasteiger partial charge in [-0.15, -0.1) is 0 Å². The standard InChI is InChI=1S/C16H20BrN/c1-11(17)10-18-16-14-6-7-15(16)9-13-5-3-2-4-12(13)8-14/h2-5,14-16,18H,1,6-10H2. The van der Waals surface area contributed by atoms with Crippen LogP contribution in [0.3, 0.4) is 0 Å². The van der Waals surface area contributed by atoms with Crippen LogP contribution in [0.5, 0.6) is 0 Å². The van der Waals surface area contributed by atoms with E-state index in [4.69, 9.17) is 0 Å². The summed E-state index contributed by atoms with van der Waals surface area (Å²) in [6.07, 6.45) is 5.26. The smallest absolute Gasteiger partial charge is 0.0268 e. The summed E-state index contributed by atoms with van der Waals surface area (Å²) < 4.78 is 1.06.